The van der Waals surface area contributed by atoms with E-state index >= 15 is 0 Å². The molecule has 0 fully saturated rings. The fourth-order valence-corrected chi connectivity index (χ4v) is 3.59. The number of rotatable bonds is 6. The first-order valence-corrected chi connectivity index (χ1v) is 9.57. The minimum Gasteiger partial charge on any atom is -0.378 e. The van der Waals surface area contributed by atoms with Crippen LogP contribution in [0.5, 0.6) is 0 Å². The number of hydrogen-bond donors (Lipinski definition) is 3. The second-order valence-corrected chi connectivity index (χ2v) is 7.33. The molecule has 29 heavy (non-hydrogen) atoms. The fourth-order valence-electron chi connectivity index (χ4n) is 3.59. The molecule has 1 aromatic carbocycles. The van der Waals surface area contributed by atoms with Crippen LogP contribution in [0.4, 0.5) is 5.69 Å². The number of anilines is 1. The van der Waals surface area contributed by atoms with Crippen molar-refractivity contribution in [2.24, 2.45) is 0 Å². The summed E-state index contributed by atoms with van der Waals surface area (Å²) in [5.74, 6) is -0.125. The Morgan fingerprint density at radius 3 is 2.83 bits per heavy atom. The standard InChI is InChI=1S/C21H24N6O2/c1-13-18-19(25-24-13)16-11-15(26(2)3)5-6-17(16)27(21(18)29)10-4-8-23-20(28)14-7-9-22-12-14/h5-7,9,11-12,22H,4,8,10H2,1-3H3,(H,23,28)(H,24,25). The highest BCUT2D eigenvalue weighted by atomic mass is 16.1. The molecule has 0 radical (unpaired) electrons. The predicted molar refractivity (Wildman–Crippen MR) is 115 cm³/mol. The number of fused-ring (bicyclic) bond motifs is 3. The lowest BCUT2D eigenvalue weighted by atomic mass is 10.1. The minimum absolute atomic E-state index is 0.0617. The van der Waals surface area contributed by atoms with Crippen LogP contribution in [0.25, 0.3) is 21.8 Å². The molecule has 0 aliphatic rings. The smallest absolute Gasteiger partial charge is 0.262 e. The Labute approximate surface area is 167 Å². The number of benzene rings is 1. The van der Waals surface area contributed by atoms with Crippen molar-refractivity contribution in [3.05, 3.63) is 58.3 Å². The van der Waals surface area contributed by atoms with Gasteiger partial charge in [0, 0.05) is 56.3 Å². The average Bonchev–Trinajstić information content (AvgIpc) is 3.37. The van der Waals surface area contributed by atoms with Crippen molar-refractivity contribution in [3.63, 3.8) is 0 Å². The zero-order valence-electron chi connectivity index (χ0n) is 16.7. The first-order chi connectivity index (χ1) is 14.0. The monoisotopic (exact) mass is 392 g/mol. The Hall–Kier alpha value is -3.55. The Morgan fingerprint density at radius 1 is 1.28 bits per heavy atom. The summed E-state index contributed by atoms with van der Waals surface area (Å²) in [6.45, 7) is 2.85. The molecule has 150 valence electrons. The summed E-state index contributed by atoms with van der Waals surface area (Å²) in [6.07, 6.45) is 4.01. The van der Waals surface area contributed by atoms with E-state index in [0.29, 0.717) is 36.0 Å². The van der Waals surface area contributed by atoms with Crippen molar-refractivity contribution in [1.29, 1.82) is 0 Å². The topological polar surface area (TPSA) is 98.8 Å². The third kappa shape index (κ3) is 3.37. The van der Waals surface area contributed by atoms with Crippen LogP contribution in [0, 0.1) is 6.92 Å². The van der Waals surface area contributed by atoms with Gasteiger partial charge < -0.3 is 19.8 Å². The van der Waals surface area contributed by atoms with Crippen LogP contribution in [0.3, 0.4) is 0 Å². The molecule has 0 aliphatic carbocycles. The van der Waals surface area contributed by atoms with Crippen LogP contribution in [0.1, 0.15) is 22.5 Å². The summed E-state index contributed by atoms with van der Waals surface area (Å²) >= 11 is 0. The zero-order chi connectivity index (χ0) is 20.5. The molecule has 0 saturated carbocycles. The highest BCUT2D eigenvalue weighted by Crippen LogP contribution is 2.26. The Bertz CT molecular complexity index is 1230. The normalized spacial score (nSPS) is 11.3. The minimum atomic E-state index is -0.125. The lowest BCUT2D eigenvalue weighted by Crippen LogP contribution is -2.27. The molecule has 0 atom stereocenters. The number of carbonyl (C=O) groups excluding carboxylic acids is 1. The van der Waals surface area contributed by atoms with E-state index in [1.165, 1.54) is 0 Å². The number of H-pyrrole nitrogens is 2. The van der Waals surface area contributed by atoms with Gasteiger partial charge in [-0.15, -0.1) is 0 Å². The number of nitrogens with one attached hydrogen (secondary N) is 3. The number of nitrogens with zero attached hydrogens (tertiary/aromatic N) is 3. The maximum atomic E-state index is 13.2. The summed E-state index contributed by atoms with van der Waals surface area (Å²) in [5.41, 5.74) is 3.88. The van der Waals surface area contributed by atoms with E-state index < -0.39 is 0 Å². The van der Waals surface area contributed by atoms with E-state index in [9.17, 15) is 9.59 Å². The lowest BCUT2D eigenvalue weighted by molar-refractivity contribution is 0.0953. The molecular formula is C21H24N6O2. The van der Waals surface area contributed by atoms with Gasteiger partial charge in [0.15, 0.2) is 0 Å². The van der Waals surface area contributed by atoms with Crippen molar-refractivity contribution in [3.8, 4) is 0 Å². The quantitative estimate of drug-likeness (QED) is 0.439. The molecule has 0 unspecified atom stereocenters. The van der Waals surface area contributed by atoms with Crippen molar-refractivity contribution >= 4 is 33.4 Å². The molecule has 4 rings (SSSR count). The average molecular weight is 392 g/mol. The number of carbonyl (C=O) groups is 1. The predicted octanol–water partition coefficient (Wildman–Crippen LogP) is 2.40. The van der Waals surface area contributed by atoms with Crippen LogP contribution >= 0.6 is 0 Å². The molecule has 0 saturated heterocycles. The molecule has 3 aromatic heterocycles. The second-order valence-electron chi connectivity index (χ2n) is 7.33. The largest absolute Gasteiger partial charge is 0.378 e. The third-order valence-electron chi connectivity index (χ3n) is 5.15. The third-order valence-corrected chi connectivity index (χ3v) is 5.15. The van der Waals surface area contributed by atoms with Gasteiger partial charge in [-0.25, -0.2) is 0 Å². The van der Waals surface area contributed by atoms with Crippen LogP contribution < -0.4 is 15.8 Å². The molecule has 1 amide bonds. The molecule has 8 nitrogen and oxygen atoms in total. The van der Waals surface area contributed by atoms with Crippen molar-refractivity contribution in [2.75, 3.05) is 25.5 Å². The van der Waals surface area contributed by atoms with Gasteiger partial charge in [0.05, 0.1) is 16.5 Å². The van der Waals surface area contributed by atoms with Crippen LogP contribution in [-0.4, -0.2) is 46.3 Å². The van der Waals surface area contributed by atoms with Crippen molar-refractivity contribution in [2.45, 2.75) is 19.9 Å². The second kappa shape index (κ2) is 7.46. The highest BCUT2D eigenvalue weighted by molar-refractivity contribution is 6.05. The van der Waals surface area contributed by atoms with E-state index in [-0.39, 0.29) is 11.5 Å². The zero-order valence-corrected chi connectivity index (χ0v) is 16.7. The molecule has 3 N–H and O–H groups in total. The van der Waals surface area contributed by atoms with Gasteiger partial charge >= 0.3 is 0 Å². The van der Waals surface area contributed by atoms with Crippen molar-refractivity contribution < 1.29 is 4.79 Å². The van der Waals surface area contributed by atoms with Gasteiger partial charge in [-0.2, -0.15) is 5.10 Å². The molecule has 8 heteroatoms. The number of amides is 1. The summed E-state index contributed by atoms with van der Waals surface area (Å²) in [7, 11) is 3.97. The number of aromatic amines is 2. The summed E-state index contributed by atoms with van der Waals surface area (Å²) in [4.78, 5) is 30.1. The number of aryl methyl sites for hydroxylation is 2. The first kappa shape index (κ1) is 18.8. The van der Waals surface area contributed by atoms with E-state index in [0.717, 1.165) is 22.3 Å². The molecule has 3 heterocycles. The van der Waals surface area contributed by atoms with Gasteiger partial charge in [-0.3, -0.25) is 14.7 Å². The van der Waals surface area contributed by atoms with Gasteiger partial charge in [0.25, 0.3) is 11.5 Å². The molecule has 0 spiro atoms. The lowest BCUT2D eigenvalue weighted by Gasteiger charge is -2.16. The van der Waals surface area contributed by atoms with E-state index in [4.69, 9.17) is 0 Å². The van der Waals surface area contributed by atoms with Crippen molar-refractivity contribution in [1.82, 2.24) is 25.1 Å². The van der Waals surface area contributed by atoms with E-state index in [2.05, 4.69) is 26.6 Å². The van der Waals surface area contributed by atoms with Gasteiger partial charge in [0.1, 0.15) is 5.52 Å². The van der Waals surface area contributed by atoms with Gasteiger partial charge in [-0.1, -0.05) is 0 Å². The summed E-state index contributed by atoms with van der Waals surface area (Å²) in [6, 6.07) is 7.75. The fraction of sp³-hybridized carbons (Fsp3) is 0.286. The molecular weight excluding hydrogens is 368 g/mol. The van der Waals surface area contributed by atoms with E-state index in [1.54, 1.807) is 23.0 Å². The Balaban J connectivity index is 1.65. The van der Waals surface area contributed by atoms with Crippen LogP contribution in [0.15, 0.2) is 41.5 Å². The maximum absolute atomic E-state index is 13.2. The summed E-state index contributed by atoms with van der Waals surface area (Å²) in [5, 5.41) is 11.8. The maximum Gasteiger partial charge on any atom is 0.262 e. The van der Waals surface area contributed by atoms with Gasteiger partial charge in [-0.05, 0) is 37.6 Å². The Kier molecular flexibility index (Phi) is 4.84. The van der Waals surface area contributed by atoms with Crippen LogP contribution in [0.2, 0.25) is 0 Å². The molecule has 0 bridgehead atoms. The highest BCUT2D eigenvalue weighted by Gasteiger charge is 2.16. The SMILES string of the molecule is Cc1[nH]nc2c1c(=O)n(CCCNC(=O)c1cc[nH]c1)c1ccc(N(C)C)cc21. The Morgan fingerprint density at radius 2 is 2.10 bits per heavy atom. The molecule has 0 aliphatic heterocycles. The van der Waals surface area contributed by atoms with Crippen LogP contribution in [-0.2, 0) is 6.54 Å². The molecule has 4 aromatic rings. The van der Waals surface area contributed by atoms with E-state index in [1.807, 2.05) is 38.1 Å². The number of aromatic nitrogens is 4. The number of pyridine rings is 1. The first-order valence-electron chi connectivity index (χ1n) is 9.57. The number of hydrogen-bond acceptors (Lipinski definition) is 4. The van der Waals surface area contributed by atoms with Gasteiger partial charge in [0.2, 0.25) is 0 Å². The summed E-state index contributed by atoms with van der Waals surface area (Å²) < 4.78 is 1.78.